The van der Waals surface area contributed by atoms with Gasteiger partial charge >= 0.3 is 0 Å². The fourth-order valence-corrected chi connectivity index (χ4v) is 2.46. The van der Waals surface area contributed by atoms with Gasteiger partial charge in [0, 0.05) is 19.3 Å². The first-order valence-corrected chi connectivity index (χ1v) is 6.44. The molecule has 0 radical (unpaired) electrons. The van der Waals surface area contributed by atoms with E-state index >= 15 is 0 Å². The first kappa shape index (κ1) is 14.0. The van der Waals surface area contributed by atoms with Crippen LogP contribution in [0.25, 0.3) is 0 Å². The lowest BCUT2D eigenvalue weighted by Gasteiger charge is -2.36. The number of likely N-dealkylation sites (tertiary alicyclic amines) is 1. The number of anilines is 1. The van der Waals surface area contributed by atoms with Crippen molar-refractivity contribution in [3.63, 3.8) is 0 Å². The molecule has 1 saturated heterocycles. The van der Waals surface area contributed by atoms with Crippen LogP contribution >= 0.6 is 11.6 Å². The fourth-order valence-electron chi connectivity index (χ4n) is 2.24. The Bertz CT molecular complexity index is 493. The van der Waals surface area contributed by atoms with Crippen molar-refractivity contribution in [2.24, 2.45) is 5.84 Å². The SMILES string of the molecule is CC1(O)CCCN(C(=O)c2cnc(NN)c(Cl)c2)C1. The Labute approximate surface area is 116 Å². The average Bonchev–Trinajstić information content (AvgIpc) is 2.36. The molecule has 104 valence electrons. The van der Waals surface area contributed by atoms with Gasteiger partial charge in [-0.05, 0) is 25.8 Å². The Morgan fingerprint density at radius 3 is 3.00 bits per heavy atom. The molecule has 1 amide bonds. The summed E-state index contributed by atoms with van der Waals surface area (Å²) >= 11 is 5.94. The van der Waals surface area contributed by atoms with Crippen molar-refractivity contribution in [2.75, 3.05) is 18.5 Å². The molecule has 0 spiro atoms. The second-order valence-corrected chi connectivity index (χ2v) is 5.43. The second kappa shape index (κ2) is 5.32. The van der Waals surface area contributed by atoms with E-state index in [0.29, 0.717) is 30.9 Å². The zero-order valence-electron chi connectivity index (χ0n) is 10.7. The van der Waals surface area contributed by atoms with Gasteiger partial charge in [-0.1, -0.05) is 11.6 Å². The fraction of sp³-hybridized carbons (Fsp3) is 0.500. The molecule has 2 heterocycles. The molecule has 1 aromatic rings. The maximum Gasteiger partial charge on any atom is 0.255 e. The van der Waals surface area contributed by atoms with Gasteiger partial charge in [0.05, 0.1) is 16.2 Å². The lowest BCUT2D eigenvalue weighted by Crippen LogP contribution is -2.48. The number of hydrogen-bond donors (Lipinski definition) is 3. The molecule has 1 atom stereocenters. The number of nitrogens with zero attached hydrogens (tertiary/aromatic N) is 2. The molecule has 19 heavy (non-hydrogen) atoms. The van der Waals surface area contributed by atoms with Gasteiger partial charge in [-0.2, -0.15) is 0 Å². The third-order valence-corrected chi connectivity index (χ3v) is 3.48. The topological polar surface area (TPSA) is 91.5 Å². The minimum absolute atomic E-state index is 0.182. The van der Waals surface area contributed by atoms with Crippen LogP contribution in [0.2, 0.25) is 5.02 Å². The van der Waals surface area contributed by atoms with Crippen LogP contribution < -0.4 is 11.3 Å². The summed E-state index contributed by atoms with van der Waals surface area (Å²) in [6, 6.07) is 1.52. The average molecular weight is 285 g/mol. The zero-order chi connectivity index (χ0) is 14.0. The lowest BCUT2D eigenvalue weighted by molar-refractivity contribution is -0.0107. The molecular formula is C12H17ClN4O2. The van der Waals surface area contributed by atoms with E-state index in [4.69, 9.17) is 17.4 Å². The molecule has 0 saturated carbocycles. The van der Waals surface area contributed by atoms with Gasteiger partial charge in [0.1, 0.15) is 0 Å². The third kappa shape index (κ3) is 3.15. The van der Waals surface area contributed by atoms with E-state index in [9.17, 15) is 9.90 Å². The number of amides is 1. The monoisotopic (exact) mass is 284 g/mol. The van der Waals surface area contributed by atoms with Crippen molar-refractivity contribution >= 4 is 23.3 Å². The van der Waals surface area contributed by atoms with Crippen LogP contribution in [0.4, 0.5) is 5.82 Å². The highest BCUT2D eigenvalue weighted by Gasteiger charge is 2.31. The van der Waals surface area contributed by atoms with Crippen molar-refractivity contribution in [3.8, 4) is 0 Å². The Morgan fingerprint density at radius 2 is 2.42 bits per heavy atom. The Kier molecular flexibility index (Phi) is 3.93. The summed E-state index contributed by atoms with van der Waals surface area (Å²) in [6.07, 6.45) is 2.90. The maximum absolute atomic E-state index is 12.3. The summed E-state index contributed by atoms with van der Waals surface area (Å²) in [4.78, 5) is 17.9. The van der Waals surface area contributed by atoms with Gasteiger partial charge in [0.2, 0.25) is 0 Å². The molecule has 4 N–H and O–H groups in total. The number of carbonyl (C=O) groups is 1. The molecule has 0 aliphatic carbocycles. The molecule has 1 unspecified atom stereocenters. The number of β-amino-alcohol motifs (C(OH)–C–C–N with tert-alkyl or cyclic N) is 1. The summed E-state index contributed by atoms with van der Waals surface area (Å²) in [6.45, 7) is 2.68. The van der Waals surface area contributed by atoms with E-state index in [2.05, 4.69) is 10.4 Å². The minimum Gasteiger partial charge on any atom is -0.388 e. The number of aromatic nitrogens is 1. The Balaban J connectivity index is 2.17. The second-order valence-electron chi connectivity index (χ2n) is 5.03. The zero-order valence-corrected chi connectivity index (χ0v) is 11.4. The largest absolute Gasteiger partial charge is 0.388 e. The lowest BCUT2D eigenvalue weighted by atomic mass is 9.95. The number of pyridine rings is 1. The van der Waals surface area contributed by atoms with Crippen LogP contribution in [-0.2, 0) is 0 Å². The summed E-state index contributed by atoms with van der Waals surface area (Å²) in [5, 5.41) is 10.3. The molecule has 0 aromatic carbocycles. The van der Waals surface area contributed by atoms with Crippen LogP contribution in [0.15, 0.2) is 12.3 Å². The number of nitrogens with two attached hydrogens (primary N) is 1. The molecule has 1 aliphatic rings. The number of rotatable bonds is 2. The van der Waals surface area contributed by atoms with Gasteiger partial charge in [0.15, 0.2) is 5.82 Å². The number of hydrazine groups is 1. The summed E-state index contributed by atoms with van der Waals surface area (Å²) in [7, 11) is 0. The van der Waals surface area contributed by atoms with Gasteiger partial charge in [-0.25, -0.2) is 10.8 Å². The standard InChI is InChI=1S/C12H17ClN4O2/c1-12(19)3-2-4-17(7-12)11(18)8-5-9(13)10(16-14)15-6-8/h5-6,19H,2-4,7,14H2,1H3,(H,15,16). The number of halogens is 1. The third-order valence-electron chi connectivity index (χ3n) is 3.19. The van der Waals surface area contributed by atoms with E-state index in [1.807, 2.05) is 0 Å². The molecule has 0 bridgehead atoms. The van der Waals surface area contributed by atoms with Crippen molar-refractivity contribution in [1.82, 2.24) is 9.88 Å². The predicted octanol–water partition coefficient (Wildman–Crippen LogP) is 1.01. The van der Waals surface area contributed by atoms with E-state index in [1.165, 1.54) is 12.3 Å². The Morgan fingerprint density at radius 1 is 1.68 bits per heavy atom. The molecule has 7 heteroatoms. The number of hydrogen-bond acceptors (Lipinski definition) is 5. The highest BCUT2D eigenvalue weighted by molar-refractivity contribution is 6.33. The van der Waals surface area contributed by atoms with Crippen LogP contribution in [0.5, 0.6) is 0 Å². The van der Waals surface area contributed by atoms with Crippen molar-refractivity contribution in [2.45, 2.75) is 25.4 Å². The van der Waals surface area contributed by atoms with Gasteiger partial charge < -0.3 is 15.4 Å². The molecule has 1 aromatic heterocycles. The molecule has 1 fully saturated rings. The molecule has 6 nitrogen and oxygen atoms in total. The number of carbonyl (C=O) groups excluding carboxylic acids is 1. The number of nitrogen functional groups attached to an aromatic ring is 1. The van der Waals surface area contributed by atoms with Gasteiger partial charge in [-0.15, -0.1) is 0 Å². The number of aliphatic hydroxyl groups is 1. The summed E-state index contributed by atoms with van der Waals surface area (Å²) in [5.74, 6) is 5.37. The minimum atomic E-state index is -0.829. The van der Waals surface area contributed by atoms with Crippen molar-refractivity contribution < 1.29 is 9.90 Å². The van der Waals surface area contributed by atoms with Gasteiger partial charge in [0.25, 0.3) is 5.91 Å². The van der Waals surface area contributed by atoms with Crippen LogP contribution in [0, 0.1) is 0 Å². The van der Waals surface area contributed by atoms with E-state index in [0.717, 1.165) is 6.42 Å². The van der Waals surface area contributed by atoms with Crippen molar-refractivity contribution in [1.29, 1.82) is 0 Å². The maximum atomic E-state index is 12.3. The number of piperidine rings is 1. The Hall–Kier alpha value is -1.37. The van der Waals surface area contributed by atoms with Crippen molar-refractivity contribution in [3.05, 3.63) is 22.8 Å². The summed E-state index contributed by atoms with van der Waals surface area (Å²) < 4.78 is 0. The van der Waals surface area contributed by atoms with Crippen LogP contribution in [0.1, 0.15) is 30.1 Å². The quantitative estimate of drug-likeness (QED) is 0.557. The van der Waals surface area contributed by atoms with E-state index in [-0.39, 0.29) is 10.9 Å². The normalized spacial score (nSPS) is 23.3. The van der Waals surface area contributed by atoms with Gasteiger partial charge in [-0.3, -0.25) is 4.79 Å². The molecule has 1 aliphatic heterocycles. The highest BCUT2D eigenvalue weighted by atomic mass is 35.5. The highest BCUT2D eigenvalue weighted by Crippen LogP contribution is 2.24. The summed E-state index contributed by atoms with van der Waals surface area (Å²) in [5.41, 5.74) is 1.91. The predicted molar refractivity (Wildman–Crippen MR) is 72.8 cm³/mol. The molecular weight excluding hydrogens is 268 g/mol. The smallest absolute Gasteiger partial charge is 0.255 e. The van der Waals surface area contributed by atoms with E-state index < -0.39 is 5.60 Å². The van der Waals surface area contributed by atoms with E-state index in [1.54, 1.807) is 11.8 Å². The van der Waals surface area contributed by atoms with Crippen LogP contribution in [-0.4, -0.2) is 39.6 Å². The first-order valence-electron chi connectivity index (χ1n) is 6.07. The molecule has 2 rings (SSSR count). The number of nitrogens with one attached hydrogen (secondary N) is 1. The first-order chi connectivity index (χ1) is 8.93. The van der Waals surface area contributed by atoms with Crippen LogP contribution in [0.3, 0.4) is 0 Å².